The standard InChI is InChI=1S/C24H16ClNO5/c25-16-8-6-15(7-9-16)22(27)20-21(14-4-2-1-3-5-14)26(24(29)23(20)28)17-10-11-18-19(12-17)31-13-30-18/h1-12,21,27H,13H2/b22-20+. The molecular formula is C24H16ClNO5. The van der Waals surface area contributed by atoms with Gasteiger partial charge >= 0.3 is 0 Å². The molecule has 3 aromatic rings. The largest absolute Gasteiger partial charge is 0.507 e. The fourth-order valence-corrected chi connectivity index (χ4v) is 3.97. The third-order valence-electron chi connectivity index (χ3n) is 5.31. The zero-order valence-corrected chi connectivity index (χ0v) is 16.9. The number of carbonyl (C=O) groups excluding carboxylic acids is 2. The van der Waals surface area contributed by atoms with Gasteiger partial charge < -0.3 is 14.6 Å². The number of carbonyl (C=O) groups is 2. The van der Waals surface area contributed by atoms with Crippen molar-refractivity contribution in [1.29, 1.82) is 0 Å². The average molecular weight is 434 g/mol. The van der Waals surface area contributed by atoms with Gasteiger partial charge in [0.1, 0.15) is 5.76 Å². The van der Waals surface area contributed by atoms with E-state index in [9.17, 15) is 14.7 Å². The Hall–Kier alpha value is -3.77. The normalized spacial score (nSPS) is 19.1. The van der Waals surface area contributed by atoms with Crippen molar-refractivity contribution in [3.05, 3.63) is 94.5 Å². The van der Waals surface area contributed by atoms with Gasteiger partial charge in [0, 0.05) is 22.3 Å². The lowest BCUT2D eigenvalue weighted by atomic mass is 9.95. The second kappa shape index (κ2) is 7.49. The first-order valence-corrected chi connectivity index (χ1v) is 9.94. The number of hydrogen-bond donors (Lipinski definition) is 1. The number of aliphatic hydroxyl groups is 1. The first-order chi connectivity index (χ1) is 15.0. The van der Waals surface area contributed by atoms with Crippen LogP contribution in [0.15, 0.2) is 78.4 Å². The average Bonchev–Trinajstić information content (AvgIpc) is 3.36. The van der Waals surface area contributed by atoms with Crippen LogP contribution in [0.25, 0.3) is 5.76 Å². The first kappa shape index (κ1) is 19.2. The zero-order valence-electron chi connectivity index (χ0n) is 16.1. The molecule has 0 radical (unpaired) electrons. The molecule has 1 N–H and O–H groups in total. The predicted molar refractivity (Wildman–Crippen MR) is 115 cm³/mol. The number of hydrogen-bond acceptors (Lipinski definition) is 5. The molecule has 1 saturated heterocycles. The minimum atomic E-state index is -0.808. The summed E-state index contributed by atoms with van der Waals surface area (Å²) in [5.74, 6) is -0.698. The van der Waals surface area contributed by atoms with E-state index in [0.717, 1.165) is 0 Å². The summed E-state index contributed by atoms with van der Waals surface area (Å²) < 4.78 is 10.8. The molecule has 3 aromatic carbocycles. The molecular weight excluding hydrogens is 418 g/mol. The topological polar surface area (TPSA) is 76.1 Å². The van der Waals surface area contributed by atoms with Crippen LogP contribution in [0.4, 0.5) is 5.69 Å². The van der Waals surface area contributed by atoms with Crippen LogP contribution in [-0.2, 0) is 9.59 Å². The van der Waals surface area contributed by atoms with Crippen LogP contribution < -0.4 is 14.4 Å². The number of anilines is 1. The maximum absolute atomic E-state index is 13.1. The third kappa shape index (κ3) is 3.21. The highest BCUT2D eigenvalue weighted by Crippen LogP contribution is 2.44. The van der Waals surface area contributed by atoms with Crippen LogP contribution in [0.1, 0.15) is 17.2 Å². The zero-order chi connectivity index (χ0) is 21.5. The van der Waals surface area contributed by atoms with Crippen LogP contribution in [0.5, 0.6) is 11.5 Å². The Kier molecular flexibility index (Phi) is 4.64. The molecule has 0 spiro atoms. The second-order valence-electron chi connectivity index (χ2n) is 7.12. The van der Waals surface area contributed by atoms with Gasteiger partial charge in [-0.15, -0.1) is 0 Å². The van der Waals surface area contributed by atoms with E-state index in [4.69, 9.17) is 21.1 Å². The molecule has 2 aliphatic heterocycles. The molecule has 5 rings (SSSR count). The van der Waals surface area contributed by atoms with E-state index in [1.807, 2.05) is 30.3 Å². The number of benzene rings is 3. The van der Waals surface area contributed by atoms with Crippen LogP contribution in [0.2, 0.25) is 5.02 Å². The van der Waals surface area contributed by atoms with Gasteiger partial charge in [-0.25, -0.2) is 0 Å². The first-order valence-electron chi connectivity index (χ1n) is 9.56. The maximum Gasteiger partial charge on any atom is 0.300 e. The van der Waals surface area contributed by atoms with Crippen molar-refractivity contribution in [2.45, 2.75) is 6.04 Å². The van der Waals surface area contributed by atoms with Gasteiger partial charge in [0.2, 0.25) is 6.79 Å². The summed E-state index contributed by atoms with van der Waals surface area (Å²) in [4.78, 5) is 27.6. The van der Waals surface area contributed by atoms with Gasteiger partial charge in [0.15, 0.2) is 11.5 Å². The number of aliphatic hydroxyl groups excluding tert-OH is 1. The molecule has 6 nitrogen and oxygen atoms in total. The van der Waals surface area contributed by atoms with Crippen LogP contribution in [0.3, 0.4) is 0 Å². The fourth-order valence-electron chi connectivity index (χ4n) is 3.85. The van der Waals surface area contributed by atoms with Crippen molar-refractivity contribution >= 4 is 34.7 Å². The summed E-state index contributed by atoms with van der Waals surface area (Å²) in [7, 11) is 0. The number of ether oxygens (including phenoxy) is 2. The summed E-state index contributed by atoms with van der Waals surface area (Å²) in [6.45, 7) is 0.0935. The van der Waals surface area contributed by atoms with Gasteiger partial charge in [-0.3, -0.25) is 14.5 Å². The minimum absolute atomic E-state index is 0.0104. The third-order valence-corrected chi connectivity index (χ3v) is 5.56. The molecule has 1 atom stereocenters. The van der Waals surface area contributed by atoms with E-state index < -0.39 is 17.7 Å². The number of rotatable bonds is 3. The Bertz CT molecular complexity index is 1220. The SMILES string of the molecule is O=C1C(=O)N(c2ccc3c(c2)OCO3)C(c2ccccc2)/C1=C(\O)c1ccc(Cl)cc1. The van der Waals surface area contributed by atoms with E-state index in [0.29, 0.717) is 33.3 Å². The molecule has 1 amide bonds. The highest BCUT2D eigenvalue weighted by Gasteiger charge is 2.47. The Morgan fingerprint density at radius 1 is 0.935 bits per heavy atom. The second-order valence-corrected chi connectivity index (χ2v) is 7.56. The fraction of sp³-hybridized carbons (Fsp3) is 0.0833. The smallest absolute Gasteiger partial charge is 0.300 e. The highest BCUT2D eigenvalue weighted by molar-refractivity contribution is 6.51. The Morgan fingerprint density at radius 3 is 2.39 bits per heavy atom. The van der Waals surface area contributed by atoms with E-state index in [1.165, 1.54) is 4.90 Å². The summed E-state index contributed by atoms with van der Waals surface area (Å²) in [5, 5.41) is 11.5. The van der Waals surface area contributed by atoms with E-state index >= 15 is 0 Å². The summed E-state index contributed by atoms with van der Waals surface area (Å²) in [5.41, 5.74) is 1.57. The molecule has 1 fully saturated rings. The van der Waals surface area contributed by atoms with Gasteiger partial charge in [-0.2, -0.15) is 0 Å². The molecule has 0 bridgehead atoms. The number of Topliss-reactive ketones (excluding diaryl/α,β-unsaturated/α-hetero) is 1. The molecule has 154 valence electrons. The Morgan fingerprint density at radius 2 is 1.65 bits per heavy atom. The lowest BCUT2D eigenvalue weighted by Gasteiger charge is -2.25. The predicted octanol–water partition coefficient (Wildman–Crippen LogP) is 4.70. The summed E-state index contributed by atoms with van der Waals surface area (Å²) in [6.07, 6.45) is 0. The number of halogens is 1. The molecule has 0 aliphatic carbocycles. The van der Waals surface area contributed by atoms with Crippen molar-refractivity contribution in [3.8, 4) is 11.5 Å². The van der Waals surface area contributed by atoms with Crippen molar-refractivity contribution in [1.82, 2.24) is 0 Å². The van der Waals surface area contributed by atoms with Crippen molar-refractivity contribution in [3.63, 3.8) is 0 Å². The van der Waals surface area contributed by atoms with Crippen molar-refractivity contribution in [2.75, 3.05) is 11.7 Å². The number of fused-ring (bicyclic) bond motifs is 1. The quantitative estimate of drug-likeness (QED) is 0.368. The molecule has 31 heavy (non-hydrogen) atoms. The van der Waals surface area contributed by atoms with Gasteiger partial charge in [-0.05, 0) is 42.0 Å². The number of ketones is 1. The van der Waals surface area contributed by atoms with Gasteiger partial charge in [-0.1, -0.05) is 41.9 Å². The Labute approximate surface area is 182 Å². The van der Waals surface area contributed by atoms with Crippen LogP contribution in [-0.4, -0.2) is 23.6 Å². The van der Waals surface area contributed by atoms with E-state index in [2.05, 4.69) is 0 Å². The molecule has 2 heterocycles. The summed E-state index contributed by atoms with van der Waals surface area (Å²) in [6, 6.07) is 19.8. The number of amides is 1. The number of nitrogens with zero attached hydrogens (tertiary/aromatic N) is 1. The van der Waals surface area contributed by atoms with Crippen LogP contribution >= 0.6 is 11.6 Å². The molecule has 0 saturated carbocycles. The van der Waals surface area contributed by atoms with Crippen molar-refractivity contribution < 1.29 is 24.2 Å². The maximum atomic E-state index is 13.1. The van der Waals surface area contributed by atoms with Gasteiger partial charge in [0.05, 0.1) is 11.6 Å². The Balaban J connectivity index is 1.70. The molecule has 1 unspecified atom stereocenters. The molecule has 7 heteroatoms. The minimum Gasteiger partial charge on any atom is -0.507 e. The molecule has 2 aliphatic rings. The highest BCUT2D eigenvalue weighted by atomic mass is 35.5. The van der Waals surface area contributed by atoms with Crippen molar-refractivity contribution in [2.24, 2.45) is 0 Å². The van der Waals surface area contributed by atoms with Crippen LogP contribution in [0, 0.1) is 0 Å². The van der Waals surface area contributed by atoms with Gasteiger partial charge in [0.25, 0.3) is 11.7 Å². The lowest BCUT2D eigenvalue weighted by molar-refractivity contribution is -0.132. The summed E-state index contributed by atoms with van der Waals surface area (Å²) >= 11 is 5.95. The lowest BCUT2D eigenvalue weighted by Crippen LogP contribution is -2.29. The van der Waals surface area contributed by atoms with E-state index in [1.54, 1.807) is 42.5 Å². The monoisotopic (exact) mass is 433 g/mol. The molecule has 0 aromatic heterocycles. The van der Waals surface area contributed by atoms with E-state index in [-0.39, 0.29) is 18.1 Å².